The van der Waals surface area contributed by atoms with Gasteiger partial charge in [0.1, 0.15) is 0 Å². The molecule has 0 aliphatic heterocycles. The van der Waals surface area contributed by atoms with Gasteiger partial charge in [-0.15, -0.1) is 0 Å². The van der Waals surface area contributed by atoms with Crippen molar-refractivity contribution in [2.45, 2.75) is 0 Å². The Morgan fingerprint density at radius 1 is 0.276 bits per heavy atom. The summed E-state index contributed by atoms with van der Waals surface area (Å²) in [6.45, 7) is 0. The number of hydrogen-bond acceptors (Lipinski definition) is 1. The van der Waals surface area contributed by atoms with Gasteiger partial charge in [-0.2, -0.15) is 0 Å². The van der Waals surface area contributed by atoms with Crippen LogP contribution >= 0.6 is 0 Å². The van der Waals surface area contributed by atoms with E-state index in [1.807, 2.05) is 0 Å². The van der Waals surface area contributed by atoms with E-state index in [0.717, 1.165) is 22.7 Å². The van der Waals surface area contributed by atoms with E-state index in [-0.39, 0.29) is 0 Å². The van der Waals surface area contributed by atoms with Crippen LogP contribution in [0.1, 0.15) is 0 Å². The second-order valence-electron chi connectivity index (χ2n) is 15.0. The highest BCUT2D eigenvalue weighted by molar-refractivity contribution is 6.09. The fourth-order valence-electron chi connectivity index (χ4n) is 8.72. The number of aromatic nitrogens is 1. The molecule has 11 rings (SSSR count). The Hall–Kier alpha value is -7.68. The van der Waals surface area contributed by atoms with E-state index >= 15 is 0 Å². The van der Waals surface area contributed by atoms with Crippen LogP contribution in [0.4, 0.5) is 17.1 Å². The van der Waals surface area contributed by atoms with Crippen LogP contribution in [0.25, 0.3) is 82.4 Å². The molecule has 0 unspecified atom stereocenters. The van der Waals surface area contributed by atoms with Crippen molar-refractivity contribution in [2.75, 3.05) is 4.90 Å². The highest BCUT2D eigenvalue weighted by Gasteiger charge is 2.16. The first-order valence-corrected chi connectivity index (χ1v) is 19.9. The maximum Gasteiger partial charge on any atom is 0.0541 e. The van der Waals surface area contributed by atoms with Gasteiger partial charge in [0.15, 0.2) is 0 Å². The standard InChI is InChI=1S/C56H38N2/c1-2-13-43-38-46(24-23-39(43)11-1)45-16-9-15-44(37-45)40-25-29-47(30-26-40)57(48-31-27-42(28-32-48)52-20-10-14-41-12-3-4-17-51(41)52)49-33-35-50(36-34-49)58-55-21-7-5-18-53(55)54-19-6-8-22-56(54)58/h1-38H. The lowest BCUT2D eigenvalue weighted by Gasteiger charge is -2.26. The van der Waals surface area contributed by atoms with Crippen LogP contribution in [0.5, 0.6) is 0 Å². The van der Waals surface area contributed by atoms with Crippen molar-refractivity contribution in [1.29, 1.82) is 0 Å². The van der Waals surface area contributed by atoms with E-state index in [2.05, 4.69) is 240 Å². The van der Waals surface area contributed by atoms with Crippen molar-refractivity contribution in [3.05, 3.63) is 231 Å². The van der Waals surface area contributed by atoms with E-state index in [1.54, 1.807) is 0 Å². The van der Waals surface area contributed by atoms with E-state index in [1.165, 1.54) is 76.7 Å². The van der Waals surface area contributed by atoms with Gasteiger partial charge in [0.05, 0.1) is 11.0 Å². The van der Waals surface area contributed by atoms with E-state index < -0.39 is 0 Å². The maximum atomic E-state index is 2.37. The Balaban J connectivity index is 0.981. The largest absolute Gasteiger partial charge is 0.311 e. The average Bonchev–Trinajstić information content (AvgIpc) is 3.64. The molecule has 0 radical (unpaired) electrons. The topological polar surface area (TPSA) is 8.17 Å². The average molecular weight is 739 g/mol. The second-order valence-corrected chi connectivity index (χ2v) is 15.0. The monoisotopic (exact) mass is 738 g/mol. The van der Waals surface area contributed by atoms with E-state index in [4.69, 9.17) is 0 Å². The molecule has 0 aliphatic carbocycles. The van der Waals surface area contributed by atoms with Gasteiger partial charge in [-0.1, -0.05) is 158 Å². The molecular weight excluding hydrogens is 701 g/mol. The zero-order valence-electron chi connectivity index (χ0n) is 31.8. The minimum Gasteiger partial charge on any atom is -0.311 e. The van der Waals surface area contributed by atoms with Crippen LogP contribution in [0, 0.1) is 0 Å². The first-order chi connectivity index (χ1) is 28.7. The van der Waals surface area contributed by atoms with Crippen LogP contribution < -0.4 is 4.90 Å². The molecule has 1 aromatic heterocycles. The summed E-state index contributed by atoms with van der Waals surface area (Å²) in [5.74, 6) is 0. The van der Waals surface area contributed by atoms with Crippen molar-refractivity contribution in [1.82, 2.24) is 4.57 Å². The van der Waals surface area contributed by atoms with Crippen molar-refractivity contribution >= 4 is 60.4 Å². The number of fused-ring (bicyclic) bond motifs is 5. The number of benzene rings is 10. The van der Waals surface area contributed by atoms with Gasteiger partial charge < -0.3 is 9.47 Å². The predicted molar refractivity (Wildman–Crippen MR) is 247 cm³/mol. The second kappa shape index (κ2) is 14.1. The van der Waals surface area contributed by atoms with Gasteiger partial charge >= 0.3 is 0 Å². The third-order valence-corrected chi connectivity index (χ3v) is 11.6. The molecule has 0 N–H and O–H groups in total. The first-order valence-electron chi connectivity index (χ1n) is 19.9. The molecule has 0 bridgehead atoms. The molecule has 0 amide bonds. The van der Waals surface area contributed by atoms with Crippen LogP contribution in [0.3, 0.4) is 0 Å². The highest BCUT2D eigenvalue weighted by atomic mass is 15.1. The third kappa shape index (κ3) is 5.91. The van der Waals surface area contributed by atoms with Crippen molar-refractivity contribution in [3.63, 3.8) is 0 Å². The van der Waals surface area contributed by atoms with Gasteiger partial charge in [0.2, 0.25) is 0 Å². The summed E-state index contributed by atoms with van der Waals surface area (Å²) in [4.78, 5) is 2.36. The molecule has 2 heteroatoms. The zero-order chi connectivity index (χ0) is 38.4. The number of anilines is 3. The quantitative estimate of drug-likeness (QED) is 0.158. The minimum absolute atomic E-state index is 1.09. The van der Waals surface area contributed by atoms with Crippen LogP contribution in [0.2, 0.25) is 0 Å². The fourth-order valence-corrected chi connectivity index (χ4v) is 8.72. The summed E-state index contributed by atoms with van der Waals surface area (Å²) in [5.41, 5.74) is 14.1. The number of para-hydroxylation sites is 2. The summed E-state index contributed by atoms with van der Waals surface area (Å²) < 4.78 is 2.37. The molecule has 2 nitrogen and oxygen atoms in total. The van der Waals surface area contributed by atoms with Gasteiger partial charge in [0.25, 0.3) is 0 Å². The molecule has 272 valence electrons. The summed E-state index contributed by atoms with van der Waals surface area (Å²) in [6.07, 6.45) is 0. The Bertz CT molecular complexity index is 3200. The molecule has 10 aromatic carbocycles. The Morgan fingerprint density at radius 3 is 1.41 bits per heavy atom. The molecule has 0 spiro atoms. The molecule has 0 saturated carbocycles. The van der Waals surface area contributed by atoms with Crippen molar-refractivity contribution < 1.29 is 0 Å². The van der Waals surface area contributed by atoms with E-state index in [0.29, 0.717) is 0 Å². The molecule has 11 aromatic rings. The fraction of sp³-hybridized carbons (Fsp3) is 0. The summed E-state index contributed by atoms with van der Waals surface area (Å²) in [6, 6.07) is 83.7. The Labute approximate surface area is 338 Å². The normalized spacial score (nSPS) is 11.4. The van der Waals surface area contributed by atoms with Gasteiger partial charge in [-0.25, -0.2) is 0 Å². The lowest BCUT2D eigenvalue weighted by molar-refractivity contribution is 1.17. The molecule has 0 atom stereocenters. The third-order valence-electron chi connectivity index (χ3n) is 11.6. The summed E-state index contributed by atoms with van der Waals surface area (Å²) >= 11 is 0. The van der Waals surface area contributed by atoms with Gasteiger partial charge in [-0.3, -0.25) is 0 Å². The van der Waals surface area contributed by atoms with E-state index in [9.17, 15) is 0 Å². The maximum absolute atomic E-state index is 2.37. The molecule has 0 aliphatic rings. The molecule has 1 heterocycles. The molecular formula is C56H38N2. The zero-order valence-corrected chi connectivity index (χ0v) is 31.8. The number of hydrogen-bond donors (Lipinski definition) is 0. The molecule has 0 saturated heterocycles. The van der Waals surface area contributed by atoms with Crippen molar-refractivity contribution in [3.8, 4) is 39.1 Å². The van der Waals surface area contributed by atoms with Gasteiger partial charge in [0, 0.05) is 33.5 Å². The van der Waals surface area contributed by atoms with Gasteiger partial charge in [-0.05, 0) is 128 Å². The van der Waals surface area contributed by atoms with Crippen molar-refractivity contribution in [2.24, 2.45) is 0 Å². The smallest absolute Gasteiger partial charge is 0.0541 e. The minimum atomic E-state index is 1.09. The lowest BCUT2D eigenvalue weighted by atomic mass is 9.97. The van der Waals surface area contributed by atoms with Crippen LogP contribution in [-0.4, -0.2) is 4.57 Å². The first kappa shape index (κ1) is 33.6. The number of nitrogens with zero attached hydrogens (tertiary/aromatic N) is 2. The molecule has 0 fully saturated rings. The van der Waals surface area contributed by atoms with Crippen LogP contribution in [-0.2, 0) is 0 Å². The summed E-state index contributed by atoms with van der Waals surface area (Å²) in [5, 5.41) is 7.54. The molecule has 58 heavy (non-hydrogen) atoms. The predicted octanol–water partition coefficient (Wildman–Crippen LogP) is 15.6. The highest BCUT2D eigenvalue weighted by Crippen LogP contribution is 2.39. The lowest BCUT2D eigenvalue weighted by Crippen LogP contribution is -2.10. The Morgan fingerprint density at radius 2 is 0.741 bits per heavy atom. The Kier molecular flexibility index (Phi) is 8.19. The summed E-state index contributed by atoms with van der Waals surface area (Å²) in [7, 11) is 0. The number of rotatable bonds is 7. The SMILES string of the molecule is c1cc(-c2ccc(N(c3ccc(-c4cccc5ccccc45)cc3)c3ccc(-n4c5ccccc5c5ccccc54)cc3)cc2)cc(-c2ccc3ccccc3c2)c1. The van der Waals surface area contributed by atoms with Crippen LogP contribution in [0.15, 0.2) is 231 Å².